The molecule has 8 heteroatoms. The average Bonchev–Trinajstić information content (AvgIpc) is 3.94. The van der Waals surface area contributed by atoms with Gasteiger partial charge in [-0.3, -0.25) is 4.57 Å². The van der Waals surface area contributed by atoms with Gasteiger partial charge in [0.15, 0.2) is 29.1 Å². The fraction of sp³-hybridized carbons (Fsp3) is 0. The molecule has 13 aromatic rings. The molecule has 68 heavy (non-hydrogen) atoms. The van der Waals surface area contributed by atoms with Crippen LogP contribution in [0.3, 0.4) is 0 Å². The van der Waals surface area contributed by atoms with Crippen LogP contribution < -0.4 is 0 Å². The van der Waals surface area contributed by atoms with Crippen molar-refractivity contribution in [3.8, 4) is 79.7 Å². The Labute approximate surface area is 391 Å². The number of para-hydroxylation sites is 3. The predicted octanol–water partition coefficient (Wildman–Crippen LogP) is 14.3. The van der Waals surface area contributed by atoms with Crippen molar-refractivity contribution in [3.05, 3.63) is 231 Å². The van der Waals surface area contributed by atoms with E-state index in [2.05, 4.69) is 143 Å². The summed E-state index contributed by atoms with van der Waals surface area (Å²) in [5.74, 6) is 3.54. The Hall–Kier alpha value is -9.40. The molecule has 4 aromatic heterocycles. The molecule has 0 unspecified atom stereocenters. The van der Waals surface area contributed by atoms with Gasteiger partial charge in [-0.25, -0.2) is 19.9 Å². The van der Waals surface area contributed by atoms with Crippen LogP contribution >= 0.6 is 0 Å². The Morgan fingerprint density at radius 3 is 1.22 bits per heavy atom. The molecule has 0 amide bonds. The lowest BCUT2D eigenvalue weighted by atomic mass is 10.0. The topological polar surface area (TPSA) is 87.2 Å². The van der Waals surface area contributed by atoms with Crippen LogP contribution in [0.4, 0.5) is 0 Å². The summed E-state index contributed by atoms with van der Waals surface area (Å²) in [6, 6.07) is 79.2. The van der Waals surface area contributed by atoms with Gasteiger partial charge in [-0.05, 0) is 53.6 Å². The van der Waals surface area contributed by atoms with Crippen molar-refractivity contribution in [2.75, 3.05) is 0 Å². The second-order valence-corrected chi connectivity index (χ2v) is 16.7. The van der Waals surface area contributed by atoms with Gasteiger partial charge in [-0.1, -0.05) is 188 Å². The van der Waals surface area contributed by atoms with Crippen LogP contribution in [0, 0.1) is 0 Å². The summed E-state index contributed by atoms with van der Waals surface area (Å²) in [7, 11) is 0. The van der Waals surface area contributed by atoms with Gasteiger partial charge in [0.05, 0.1) is 27.8 Å². The van der Waals surface area contributed by atoms with Crippen molar-refractivity contribution in [2.45, 2.75) is 0 Å². The van der Waals surface area contributed by atoms with Gasteiger partial charge in [0.2, 0.25) is 5.95 Å². The molecule has 0 aliphatic carbocycles. The van der Waals surface area contributed by atoms with E-state index in [1.807, 2.05) is 97.1 Å². The van der Waals surface area contributed by atoms with Gasteiger partial charge in [-0.15, -0.1) is 0 Å². The number of fused-ring (bicyclic) bond motifs is 7. The highest BCUT2D eigenvalue weighted by molar-refractivity contribution is 6.29. The molecule has 13 rings (SSSR count). The first-order valence-corrected chi connectivity index (χ1v) is 22.6. The number of hydrogen-bond donors (Lipinski definition) is 0. The lowest BCUT2D eigenvalue weighted by Gasteiger charge is -2.14. The molecular weight excluding hydrogens is 833 g/mol. The molecule has 4 heterocycles. The van der Waals surface area contributed by atoms with Crippen molar-refractivity contribution in [2.24, 2.45) is 0 Å². The minimum atomic E-state index is 0.539. The van der Waals surface area contributed by atoms with Crippen molar-refractivity contribution >= 4 is 43.6 Å². The first-order valence-electron chi connectivity index (χ1n) is 22.6. The lowest BCUT2D eigenvalue weighted by molar-refractivity contribution is 0.953. The monoisotopic (exact) mass is 870 g/mol. The molecule has 0 bridgehead atoms. The van der Waals surface area contributed by atoms with Crippen LogP contribution in [0.25, 0.3) is 123 Å². The van der Waals surface area contributed by atoms with Crippen molar-refractivity contribution in [1.29, 1.82) is 0 Å². The predicted molar refractivity (Wildman–Crippen MR) is 275 cm³/mol. The zero-order valence-electron chi connectivity index (χ0n) is 36.5. The Bertz CT molecular complexity index is 3960. The van der Waals surface area contributed by atoms with Crippen LogP contribution in [-0.4, -0.2) is 39.0 Å². The minimum absolute atomic E-state index is 0.539. The Kier molecular flexibility index (Phi) is 9.31. The molecule has 0 radical (unpaired) electrons. The quantitative estimate of drug-likeness (QED) is 0.151. The molecular formula is C60H38N8. The van der Waals surface area contributed by atoms with E-state index in [0.717, 1.165) is 88.2 Å². The number of hydrogen-bond acceptors (Lipinski definition) is 6. The number of aromatic nitrogens is 8. The molecule has 0 atom stereocenters. The summed E-state index contributed by atoms with van der Waals surface area (Å²) in [4.78, 5) is 31.1. The Balaban J connectivity index is 1.05. The van der Waals surface area contributed by atoms with Crippen molar-refractivity contribution < 1.29 is 0 Å². The fourth-order valence-electron chi connectivity index (χ4n) is 9.56. The largest absolute Gasteiger partial charge is 0.308 e. The van der Waals surface area contributed by atoms with E-state index in [-0.39, 0.29) is 0 Å². The zero-order valence-corrected chi connectivity index (χ0v) is 36.5. The number of benzene rings is 9. The van der Waals surface area contributed by atoms with Crippen LogP contribution in [-0.2, 0) is 0 Å². The van der Waals surface area contributed by atoms with Gasteiger partial charge < -0.3 is 4.57 Å². The second kappa shape index (κ2) is 16.2. The summed E-state index contributed by atoms with van der Waals surface area (Å²) >= 11 is 0. The fourth-order valence-corrected chi connectivity index (χ4v) is 9.56. The minimum Gasteiger partial charge on any atom is -0.308 e. The Morgan fingerprint density at radius 2 is 0.647 bits per heavy atom. The number of nitrogens with zero attached hydrogens (tertiary/aromatic N) is 8. The van der Waals surface area contributed by atoms with E-state index < -0.39 is 0 Å². The maximum absolute atomic E-state index is 5.32. The second-order valence-electron chi connectivity index (χ2n) is 16.7. The van der Waals surface area contributed by atoms with E-state index in [1.165, 1.54) is 0 Å². The molecule has 0 N–H and O–H groups in total. The highest BCUT2D eigenvalue weighted by Crippen LogP contribution is 2.43. The molecule has 0 saturated heterocycles. The normalized spacial score (nSPS) is 11.5. The number of rotatable bonds is 8. The summed E-state index contributed by atoms with van der Waals surface area (Å²) in [6.07, 6.45) is 0. The van der Waals surface area contributed by atoms with E-state index >= 15 is 0 Å². The molecule has 0 saturated carbocycles. The van der Waals surface area contributed by atoms with Gasteiger partial charge in [0.25, 0.3) is 0 Å². The van der Waals surface area contributed by atoms with Crippen LogP contribution in [0.5, 0.6) is 0 Å². The molecule has 0 aliphatic rings. The summed E-state index contributed by atoms with van der Waals surface area (Å²) < 4.78 is 4.55. The van der Waals surface area contributed by atoms with E-state index in [4.69, 9.17) is 29.9 Å². The standard InChI is InChI=1S/C60H38N8/c1-5-20-39(21-6-1)43-28-19-29-44(38-43)58-62-57(42-26-11-4-12-27-42)65-60(66-58)68-49-34-17-14-31-46(49)54-52(68)37-36-51-53(54)45-30-13-16-33-48(45)67(51)50-35-18-15-32-47(50)59-63-55(40-22-7-2-8-23-40)61-56(64-59)41-24-9-3-10-25-41/h1-38H. The maximum atomic E-state index is 5.32. The van der Waals surface area contributed by atoms with Gasteiger partial charge in [0, 0.05) is 49.4 Å². The van der Waals surface area contributed by atoms with Gasteiger partial charge in [0.1, 0.15) is 0 Å². The van der Waals surface area contributed by atoms with Crippen LogP contribution in [0.1, 0.15) is 0 Å². The smallest absolute Gasteiger partial charge is 0.238 e. The molecule has 9 aromatic carbocycles. The van der Waals surface area contributed by atoms with Crippen molar-refractivity contribution in [1.82, 2.24) is 39.0 Å². The van der Waals surface area contributed by atoms with Crippen LogP contribution in [0.15, 0.2) is 231 Å². The summed E-state index contributed by atoms with van der Waals surface area (Å²) in [5.41, 5.74) is 11.8. The van der Waals surface area contributed by atoms with Gasteiger partial charge >= 0.3 is 0 Å². The molecule has 0 spiro atoms. The molecule has 318 valence electrons. The average molecular weight is 871 g/mol. The first-order chi connectivity index (χ1) is 33.7. The highest BCUT2D eigenvalue weighted by atomic mass is 15.2. The third-order valence-corrected chi connectivity index (χ3v) is 12.6. The SMILES string of the molecule is c1ccc(-c2cccc(-c3nc(-c4ccccc4)nc(-n4c5ccccc5c5c6c7ccccc7n(-c7ccccc7-c7nc(-c8ccccc8)nc(-c8ccccc8)n7)c6ccc54)n3)c2)cc1. The highest BCUT2D eigenvalue weighted by Gasteiger charge is 2.24. The molecule has 8 nitrogen and oxygen atoms in total. The first kappa shape index (κ1) is 39.0. The molecule has 0 aliphatic heterocycles. The maximum Gasteiger partial charge on any atom is 0.238 e. The summed E-state index contributed by atoms with van der Waals surface area (Å²) in [5, 5.41) is 4.45. The van der Waals surface area contributed by atoms with Gasteiger partial charge in [-0.2, -0.15) is 9.97 Å². The van der Waals surface area contributed by atoms with Crippen molar-refractivity contribution in [3.63, 3.8) is 0 Å². The molecule has 0 fully saturated rings. The Morgan fingerprint density at radius 1 is 0.250 bits per heavy atom. The van der Waals surface area contributed by atoms with E-state index in [9.17, 15) is 0 Å². The zero-order chi connectivity index (χ0) is 45.0. The summed E-state index contributed by atoms with van der Waals surface area (Å²) in [6.45, 7) is 0. The third kappa shape index (κ3) is 6.62. The lowest BCUT2D eigenvalue weighted by Crippen LogP contribution is -2.06. The van der Waals surface area contributed by atoms with E-state index in [1.54, 1.807) is 0 Å². The third-order valence-electron chi connectivity index (χ3n) is 12.6. The van der Waals surface area contributed by atoms with Crippen LogP contribution in [0.2, 0.25) is 0 Å². The van der Waals surface area contributed by atoms with E-state index in [0.29, 0.717) is 35.1 Å².